The summed E-state index contributed by atoms with van der Waals surface area (Å²) in [4.78, 5) is 16.2. The molecule has 0 atom stereocenters. The third-order valence-corrected chi connectivity index (χ3v) is 5.09. The fourth-order valence-corrected chi connectivity index (χ4v) is 3.60. The van der Waals surface area contributed by atoms with E-state index in [9.17, 15) is 0 Å². The van der Waals surface area contributed by atoms with Gasteiger partial charge in [0.2, 0.25) is 0 Å². The molecule has 3 aromatic rings. The van der Waals surface area contributed by atoms with Crippen LogP contribution in [0.1, 0.15) is 11.1 Å². The Labute approximate surface area is 176 Å². The molecule has 4 nitrogen and oxygen atoms in total. The molecular weight excluding hydrogens is 424 g/mol. The Morgan fingerprint density at radius 3 is 1.69 bits per heavy atom. The summed E-state index contributed by atoms with van der Waals surface area (Å²) in [6.07, 6.45) is 0. The average molecular weight is 437 g/mol. The van der Waals surface area contributed by atoms with E-state index in [0.717, 1.165) is 27.8 Å². The Morgan fingerprint density at radius 1 is 0.724 bits per heavy atom. The first-order chi connectivity index (χ1) is 14.2. The lowest BCUT2D eigenvalue weighted by atomic mass is 10.0. The molecule has 0 spiro atoms. The highest BCUT2D eigenvalue weighted by Crippen LogP contribution is 2.20. The monoisotopic (exact) mass is 436 g/mol. The maximum atomic E-state index is 7.16. The Hall–Kier alpha value is -3.80. The summed E-state index contributed by atoms with van der Waals surface area (Å²) in [5.41, 5.74) is 3.64. The molecule has 0 aromatic heterocycles. The lowest BCUT2D eigenvalue weighted by Crippen LogP contribution is -2.13. The molecule has 0 radical (unpaired) electrons. The van der Waals surface area contributed by atoms with Crippen LogP contribution in [0.4, 0.5) is 0 Å². The van der Waals surface area contributed by atoms with Crippen LogP contribution in [0.3, 0.4) is 0 Å². The van der Waals surface area contributed by atoms with Gasteiger partial charge in [0, 0.05) is 20.8 Å². The summed E-state index contributed by atoms with van der Waals surface area (Å²) in [6, 6.07) is 25.4. The first-order valence-electron chi connectivity index (χ1n) is 8.79. The van der Waals surface area contributed by atoms with E-state index in [1.165, 1.54) is 0 Å². The molecular formula is C24H13BrN4. The molecule has 0 aliphatic carbocycles. The third kappa shape index (κ3) is 3.65. The second kappa shape index (κ2) is 8.06. The smallest absolute Gasteiger partial charge is 0.226 e. The molecule has 5 heteroatoms. The van der Waals surface area contributed by atoms with Gasteiger partial charge in [0.1, 0.15) is 13.1 Å². The Morgan fingerprint density at radius 2 is 1.24 bits per heavy atom. The highest BCUT2D eigenvalue weighted by molar-refractivity contribution is 9.10. The van der Waals surface area contributed by atoms with Gasteiger partial charge in [0.05, 0.1) is 16.6 Å². The molecule has 0 saturated heterocycles. The quantitative estimate of drug-likeness (QED) is 0.533. The van der Waals surface area contributed by atoms with Crippen molar-refractivity contribution in [3.05, 3.63) is 128 Å². The predicted octanol–water partition coefficient (Wildman–Crippen LogP) is 4.41. The number of aliphatic imine (C=N–C) groups is 2. The number of halogens is 1. The highest BCUT2D eigenvalue weighted by Gasteiger charge is 2.21. The van der Waals surface area contributed by atoms with E-state index >= 15 is 0 Å². The lowest BCUT2D eigenvalue weighted by molar-refractivity contribution is 1.38. The van der Waals surface area contributed by atoms with Gasteiger partial charge < -0.3 is 0 Å². The van der Waals surface area contributed by atoms with Crippen molar-refractivity contribution in [3.63, 3.8) is 0 Å². The first-order valence-corrected chi connectivity index (χ1v) is 9.58. The molecule has 3 aromatic carbocycles. The van der Waals surface area contributed by atoms with Crippen molar-refractivity contribution in [1.29, 1.82) is 0 Å². The van der Waals surface area contributed by atoms with Crippen molar-refractivity contribution in [3.8, 4) is 0 Å². The summed E-state index contributed by atoms with van der Waals surface area (Å²) >= 11 is 3.48. The third-order valence-electron chi connectivity index (χ3n) is 4.43. The van der Waals surface area contributed by atoms with Gasteiger partial charge in [-0.2, -0.15) is 9.69 Å². The summed E-state index contributed by atoms with van der Waals surface area (Å²) in [7, 11) is 0. The molecule has 4 rings (SSSR count). The Balaban J connectivity index is 1.96. The Bertz CT molecular complexity index is 1280. The van der Waals surface area contributed by atoms with Crippen LogP contribution in [0.2, 0.25) is 0 Å². The molecule has 0 saturated carbocycles. The highest BCUT2D eigenvalue weighted by atomic mass is 79.9. The number of rotatable bonds is 2. The minimum atomic E-state index is 0.0294. The number of hydrogen-bond donors (Lipinski definition) is 0. The maximum absolute atomic E-state index is 7.16. The van der Waals surface area contributed by atoms with Crippen molar-refractivity contribution in [2.45, 2.75) is 0 Å². The summed E-state index contributed by atoms with van der Waals surface area (Å²) in [5, 5.41) is 1.38. The second-order valence-electron chi connectivity index (χ2n) is 6.22. The SMILES string of the molecule is [C-]#[N+]C([N+]#[C-])=c1ccc(=C2N=C(c3ccccc3)C(c3ccccc3)=N2)cc1Br. The van der Waals surface area contributed by atoms with Crippen LogP contribution >= 0.6 is 15.9 Å². The number of benzene rings is 3. The second-order valence-corrected chi connectivity index (χ2v) is 7.07. The standard InChI is InChI=1S/C24H13BrN4/c1-26-24(27-2)19-14-13-18(15-20(19)25)23-28-21(16-9-5-3-6-10-16)22(29-23)17-11-7-4-8-12-17/h3-15H. The molecule has 1 heterocycles. The van der Waals surface area contributed by atoms with Gasteiger partial charge in [-0.1, -0.05) is 88.7 Å². The first kappa shape index (κ1) is 18.6. The number of nitrogens with zero attached hydrogens (tertiary/aromatic N) is 4. The minimum absolute atomic E-state index is 0.0294. The minimum Gasteiger partial charge on any atom is -0.226 e. The molecule has 0 bridgehead atoms. The fraction of sp³-hybridized carbons (Fsp3) is 0. The zero-order chi connectivity index (χ0) is 20.2. The maximum Gasteiger partial charge on any atom is 0.527 e. The average Bonchev–Trinajstić information content (AvgIpc) is 3.22. The van der Waals surface area contributed by atoms with Crippen LogP contribution in [0.5, 0.6) is 0 Å². The molecule has 1 aliphatic heterocycles. The molecule has 1 aliphatic rings. The van der Waals surface area contributed by atoms with Gasteiger partial charge in [0.15, 0.2) is 5.82 Å². The lowest BCUT2D eigenvalue weighted by Gasteiger charge is -2.04. The van der Waals surface area contributed by atoms with E-state index in [1.807, 2.05) is 72.8 Å². The molecule has 0 fully saturated rings. The van der Waals surface area contributed by atoms with Crippen LogP contribution in [0, 0.1) is 13.1 Å². The van der Waals surface area contributed by atoms with E-state index in [-0.39, 0.29) is 5.82 Å². The van der Waals surface area contributed by atoms with E-state index in [2.05, 4.69) is 25.6 Å². The Kier molecular flexibility index (Phi) is 5.16. The zero-order valence-electron chi connectivity index (χ0n) is 15.2. The largest absolute Gasteiger partial charge is 0.527 e. The van der Waals surface area contributed by atoms with Crippen LogP contribution in [0.25, 0.3) is 21.3 Å². The van der Waals surface area contributed by atoms with Gasteiger partial charge in [-0.25, -0.2) is 9.98 Å². The van der Waals surface area contributed by atoms with Crippen molar-refractivity contribution in [1.82, 2.24) is 0 Å². The van der Waals surface area contributed by atoms with Crippen LogP contribution in [-0.4, -0.2) is 11.4 Å². The summed E-state index contributed by atoms with van der Waals surface area (Å²) in [5.74, 6) is 0.629. The molecule has 136 valence electrons. The van der Waals surface area contributed by atoms with Crippen molar-refractivity contribution in [2.75, 3.05) is 0 Å². The van der Waals surface area contributed by atoms with Crippen molar-refractivity contribution >= 4 is 39.0 Å². The van der Waals surface area contributed by atoms with E-state index in [4.69, 9.17) is 23.1 Å². The van der Waals surface area contributed by atoms with Gasteiger partial charge >= 0.3 is 5.82 Å². The van der Waals surface area contributed by atoms with Gasteiger partial charge in [0.25, 0.3) is 0 Å². The predicted molar refractivity (Wildman–Crippen MR) is 119 cm³/mol. The fourth-order valence-electron chi connectivity index (χ4n) is 3.05. The topological polar surface area (TPSA) is 33.4 Å². The van der Waals surface area contributed by atoms with Crippen molar-refractivity contribution < 1.29 is 0 Å². The van der Waals surface area contributed by atoms with E-state index in [1.54, 1.807) is 6.07 Å². The zero-order valence-corrected chi connectivity index (χ0v) is 16.8. The van der Waals surface area contributed by atoms with E-state index < -0.39 is 0 Å². The van der Waals surface area contributed by atoms with Gasteiger partial charge in [-0.15, -0.1) is 0 Å². The van der Waals surface area contributed by atoms with Crippen molar-refractivity contribution in [2.24, 2.45) is 9.98 Å². The normalized spacial score (nSPS) is 12.6. The molecule has 0 unspecified atom stereocenters. The van der Waals surface area contributed by atoms with Gasteiger partial charge in [-0.05, 0) is 6.07 Å². The number of hydrogen-bond acceptors (Lipinski definition) is 2. The van der Waals surface area contributed by atoms with E-state index in [0.29, 0.717) is 15.5 Å². The summed E-state index contributed by atoms with van der Waals surface area (Å²) in [6.45, 7) is 14.3. The molecule has 0 N–H and O–H groups in total. The summed E-state index contributed by atoms with van der Waals surface area (Å²) < 4.78 is 0.671. The van der Waals surface area contributed by atoms with Crippen LogP contribution in [-0.2, 0) is 0 Å². The molecule has 29 heavy (non-hydrogen) atoms. The van der Waals surface area contributed by atoms with Crippen LogP contribution in [0.15, 0.2) is 93.3 Å². The molecule has 0 amide bonds. The van der Waals surface area contributed by atoms with Gasteiger partial charge in [-0.3, -0.25) is 0 Å². The van der Waals surface area contributed by atoms with Crippen LogP contribution < -0.4 is 10.4 Å².